The van der Waals surface area contributed by atoms with Crippen molar-refractivity contribution in [2.45, 2.75) is 51.2 Å². The number of fused-ring (bicyclic) bond motifs is 1. The first-order chi connectivity index (χ1) is 7.33. The van der Waals surface area contributed by atoms with Gasteiger partial charge in [0.2, 0.25) is 0 Å². The first-order valence-corrected chi connectivity index (χ1v) is 6.06. The molecule has 0 aromatic heterocycles. The van der Waals surface area contributed by atoms with Crippen LogP contribution in [0.25, 0.3) is 0 Å². The van der Waals surface area contributed by atoms with Gasteiger partial charge in [-0.25, -0.2) is 0 Å². The third-order valence-corrected chi connectivity index (χ3v) is 4.74. The Balaban J connectivity index is 2.37. The number of morpholine rings is 2. The Morgan fingerprint density at radius 1 is 0.875 bits per heavy atom. The molecule has 2 aliphatic heterocycles. The second-order valence-corrected chi connectivity index (χ2v) is 5.51. The third-order valence-electron chi connectivity index (χ3n) is 4.74. The van der Waals surface area contributed by atoms with Gasteiger partial charge in [-0.05, 0) is 41.8 Å². The van der Waals surface area contributed by atoms with E-state index in [0.29, 0.717) is 12.1 Å². The topological polar surface area (TPSA) is 24.9 Å². The van der Waals surface area contributed by atoms with Crippen LogP contribution in [-0.2, 0) is 9.47 Å². The fourth-order valence-electron chi connectivity index (χ4n) is 2.76. The van der Waals surface area contributed by atoms with E-state index in [1.165, 1.54) is 0 Å². The molecule has 94 valence electrons. The Bertz CT molecular complexity index is 258. The summed E-state index contributed by atoms with van der Waals surface area (Å²) in [6.45, 7) is 10.1. The summed E-state index contributed by atoms with van der Waals surface area (Å²) in [6, 6.07) is 0.778. The molecule has 4 nitrogen and oxygen atoms in total. The van der Waals surface area contributed by atoms with Crippen molar-refractivity contribution in [1.29, 1.82) is 0 Å². The van der Waals surface area contributed by atoms with E-state index in [1.807, 2.05) is 0 Å². The molecular formula is C12H24N2O2. The van der Waals surface area contributed by atoms with Crippen molar-refractivity contribution in [2.75, 3.05) is 27.3 Å². The second-order valence-electron chi connectivity index (χ2n) is 5.51. The molecule has 2 rings (SSSR count). The van der Waals surface area contributed by atoms with Crippen LogP contribution in [0.5, 0.6) is 0 Å². The van der Waals surface area contributed by atoms with Crippen molar-refractivity contribution < 1.29 is 9.47 Å². The van der Waals surface area contributed by atoms with Gasteiger partial charge in [-0.2, -0.15) is 0 Å². The summed E-state index contributed by atoms with van der Waals surface area (Å²) in [6.07, 6.45) is 0. The van der Waals surface area contributed by atoms with Crippen LogP contribution in [0, 0.1) is 0 Å². The minimum Gasteiger partial charge on any atom is -0.355 e. The molecule has 0 bridgehead atoms. The van der Waals surface area contributed by atoms with Crippen LogP contribution in [0.15, 0.2) is 0 Å². The van der Waals surface area contributed by atoms with Crippen molar-refractivity contribution in [3.8, 4) is 0 Å². The summed E-state index contributed by atoms with van der Waals surface area (Å²) in [5.41, 5.74) is -0.738. The average Bonchev–Trinajstić information content (AvgIpc) is 2.26. The minimum atomic E-state index is -0.369. The number of ether oxygens (including phenoxy) is 2. The van der Waals surface area contributed by atoms with Crippen LogP contribution in [-0.4, -0.2) is 60.6 Å². The highest BCUT2D eigenvalue weighted by Crippen LogP contribution is 2.43. The first-order valence-electron chi connectivity index (χ1n) is 6.06. The Morgan fingerprint density at radius 2 is 1.19 bits per heavy atom. The van der Waals surface area contributed by atoms with Gasteiger partial charge in [0, 0.05) is 12.1 Å². The highest BCUT2D eigenvalue weighted by molar-refractivity contribution is 5.03. The fourth-order valence-corrected chi connectivity index (χ4v) is 2.76. The van der Waals surface area contributed by atoms with Crippen LogP contribution in [0.3, 0.4) is 0 Å². The quantitative estimate of drug-likeness (QED) is 0.620. The molecule has 0 aromatic carbocycles. The van der Waals surface area contributed by atoms with E-state index >= 15 is 0 Å². The summed E-state index contributed by atoms with van der Waals surface area (Å²) in [5, 5.41) is 0. The lowest BCUT2D eigenvalue weighted by Crippen LogP contribution is -2.78. The number of likely N-dealkylation sites (N-methyl/N-ethyl adjacent to an activating group) is 2. The lowest BCUT2D eigenvalue weighted by atomic mass is 9.92. The zero-order valence-electron chi connectivity index (χ0n) is 11.3. The molecule has 4 atom stereocenters. The molecule has 16 heavy (non-hydrogen) atoms. The monoisotopic (exact) mass is 228 g/mol. The van der Waals surface area contributed by atoms with E-state index in [1.54, 1.807) is 0 Å². The number of rotatable bonds is 0. The lowest BCUT2D eigenvalue weighted by molar-refractivity contribution is -0.375. The predicted octanol–water partition coefficient (Wildman–Crippen LogP) is 1.12. The second kappa shape index (κ2) is 3.67. The van der Waals surface area contributed by atoms with Gasteiger partial charge in [-0.15, -0.1) is 0 Å². The van der Waals surface area contributed by atoms with Gasteiger partial charge in [-0.1, -0.05) is 0 Å². The van der Waals surface area contributed by atoms with E-state index < -0.39 is 0 Å². The molecule has 0 aliphatic carbocycles. The maximum atomic E-state index is 6.10. The Hall–Kier alpha value is -0.160. The number of hydrogen-bond donors (Lipinski definition) is 0. The molecule has 0 spiro atoms. The molecule has 0 aromatic rings. The largest absolute Gasteiger partial charge is 0.355 e. The van der Waals surface area contributed by atoms with Gasteiger partial charge in [-0.3, -0.25) is 9.80 Å². The Kier molecular flexibility index (Phi) is 2.82. The maximum Gasteiger partial charge on any atom is 0.161 e. The van der Waals surface area contributed by atoms with Crippen molar-refractivity contribution in [1.82, 2.24) is 9.80 Å². The van der Waals surface area contributed by atoms with Crippen molar-refractivity contribution in [3.63, 3.8) is 0 Å². The van der Waals surface area contributed by atoms with E-state index in [4.69, 9.17) is 9.47 Å². The van der Waals surface area contributed by atoms with E-state index in [0.717, 1.165) is 13.2 Å². The zero-order valence-corrected chi connectivity index (χ0v) is 11.3. The molecule has 0 radical (unpaired) electrons. The Labute approximate surface area is 98.5 Å². The number of nitrogens with zero attached hydrogens (tertiary/aromatic N) is 2. The summed E-state index contributed by atoms with van der Waals surface area (Å²) < 4.78 is 12.2. The molecule has 2 fully saturated rings. The summed E-state index contributed by atoms with van der Waals surface area (Å²) >= 11 is 0. The van der Waals surface area contributed by atoms with E-state index in [-0.39, 0.29) is 11.4 Å². The lowest BCUT2D eigenvalue weighted by Gasteiger charge is -2.63. The normalized spacial score (nSPS) is 51.4. The van der Waals surface area contributed by atoms with Gasteiger partial charge >= 0.3 is 0 Å². The Morgan fingerprint density at radius 3 is 1.50 bits per heavy atom. The minimum absolute atomic E-state index is 0.369. The molecule has 4 heteroatoms. The van der Waals surface area contributed by atoms with Crippen LogP contribution in [0.1, 0.15) is 27.7 Å². The van der Waals surface area contributed by atoms with Gasteiger partial charge in [0.25, 0.3) is 0 Å². The van der Waals surface area contributed by atoms with Crippen LogP contribution >= 0.6 is 0 Å². The molecular weight excluding hydrogens is 204 g/mol. The maximum absolute atomic E-state index is 6.10. The molecule has 0 N–H and O–H groups in total. The summed E-state index contributed by atoms with van der Waals surface area (Å²) in [5.74, 6) is 0. The highest BCUT2D eigenvalue weighted by Gasteiger charge is 2.59. The highest BCUT2D eigenvalue weighted by atomic mass is 16.6. The van der Waals surface area contributed by atoms with E-state index in [9.17, 15) is 0 Å². The van der Waals surface area contributed by atoms with Crippen LogP contribution < -0.4 is 0 Å². The van der Waals surface area contributed by atoms with Crippen LogP contribution in [0.4, 0.5) is 0 Å². The molecule has 2 heterocycles. The van der Waals surface area contributed by atoms with Crippen LogP contribution in [0.2, 0.25) is 0 Å². The first kappa shape index (κ1) is 12.3. The smallest absolute Gasteiger partial charge is 0.161 e. The van der Waals surface area contributed by atoms with Gasteiger partial charge in [0.1, 0.15) is 0 Å². The summed E-state index contributed by atoms with van der Waals surface area (Å²) in [7, 11) is 4.24. The van der Waals surface area contributed by atoms with Crippen molar-refractivity contribution in [2.24, 2.45) is 0 Å². The average molecular weight is 228 g/mol. The summed E-state index contributed by atoms with van der Waals surface area (Å²) in [4.78, 5) is 4.58. The fraction of sp³-hybridized carbons (Fsp3) is 1.00. The zero-order chi connectivity index (χ0) is 12.1. The standard InChI is InChI=1S/C12H24N2O2/c1-9-7-15-12(4)11(3,13(9)5)16-8-10(2)14(12)6/h9-10H,7-8H2,1-6H3/t9-,10-,11+,12+/m0/s1. The van der Waals surface area contributed by atoms with Gasteiger partial charge < -0.3 is 9.47 Å². The molecule has 2 saturated heterocycles. The van der Waals surface area contributed by atoms with Crippen molar-refractivity contribution >= 4 is 0 Å². The van der Waals surface area contributed by atoms with Crippen molar-refractivity contribution in [3.05, 3.63) is 0 Å². The number of hydrogen-bond acceptors (Lipinski definition) is 4. The molecule has 0 amide bonds. The third kappa shape index (κ3) is 1.37. The molecule has 0 unspecified atom stereocenters. The SMILES string of the molecule is C[C@H]1CO[C@@]2(C)N(C)[C@@H](C)CO[C@@]2(C)N1C. The van der Waals surface area contributed by atoms with E-state index in [2.05, 4.69) is 51.6 Å². The molecule has 2 aliphatic rings. The van der Waals surface area contributed by atoms with Gasteiger partial charge in [0.05, 0.1) is 13.2 Å². The molecule has 0 saturated carbocycles. The van der Waals surface area contributed by atoms with Gasteiger partial charge in [0.15, 0.2) is 11.4 Å². The predicted molar refractivity (Wildman–Crippen MR) is 63.2 cm³/mol.